The fourth-order valence-electron chi connectivity index (χ4n) is 2.31. The van der Waals surface area contributed by atoms with Crippen LogP contribution in [0.1, 0.15) is 31.7 Å². The van der Waals surface area contributed by atoms with Crippen LogP contribution in [0.4, 0.5) is 0 Å². The van der Waals surface area contributed by atoms with Gasteiger partial charge in [0.15, 0.2) is 5.16 Å². The first-order valence-corrected chi connectivity index (χ1v) is 8.24. The van der Waals surface area contributed by atoms with Crippen LogP contribution in [-0.4, -0.2) is 56.9 Å². The highest BCUT2D eigenvalue weighted by Crippen LogP contribution is 2.37. The van der Waals surface area contributed by atoms with Crippen LogP contribution in [0.5, 0.6) is 0 Å². The van der Waals surface area contributed by atoms with Crippen molar-refractivity contribution in [3.63, 3.8) is 0 Å². The normalized spacial score (nSPS) is 21.2. The molecule has 1 aromatic heterocycles. The number of aliphatic hydroxyl groups is 1. The summed E-state index contributed by atoms with van der Waals surface area (Å²) in [5, 5.41) is 21.8. The first-order valence-electron chi connectivity index (χ1n) is 7.25. The van der Waals surface area contributed by atoms with E-state index in [1.165, 1.54) is 11.8 Å². The van der Waals surface area contributed by atoms with Crippen LogP contribution in [0.15, 0.2) is 11.5 Å². The fraction of sp³-hybridized carbons (Fsp3) is 0.769. The highest BCUT2D eigenvalue weighted by molar-refractivity contribution is 7.99. The summed E-state index contributed by atoms with van der Waals surface area (Å²) in [5.41, 5.74) is -0.827. The highest BCUT2D eigenvalue weighted by Gasteiger charge is 2.30. The molecule has 2 heterocycles. The van der Waals surface area contributed by atoms with Gasteiger partial charge in [-0.2, -0.15) is 0 Å². The Balaban J connectivity index is 1.42. The second-order valence-electron chi connectivity index (χ2n) is 5.65. The smallest absolute Gasteiger partial charge is 0.230 e. The zero-order valence-corrected chi connectivity index (χ0v) is 12.6. The Bertz CT molecular complexity index is 497. The summed E-state index contributed by atoms with van der Waals surface area (Å²) >= 11 is 1.39. The summed E-state index contributed by atoms with van der Waals surface area (Å²) in [6.45, 7) is 1.38. The van der Waals surface area contributed by atoms with E-state index in [4.69, 9.17) is 4.74 Å². The molecule has 116 valence electrons. The number of nitrogens with one attached hydrogen (secondary N) is 1. The Morgan fingerprint density at radius 1 is 1.52 bits per heavy atom. The SMILES string of the molecule is O=C(CSc1nncn1C1CC1)NCC1(O)CCOCC1. The van der Waals surface area contributed by atoms with E-state index in [0.717, 1.165) is 18.0 Å². The van der Waals surface area contributed by atoms with Crippen molar-refractivity contribution in [3.05, 3.63) is 6.33 Å². The molecule has 1 aliphatic heterocycles. The van der Waals surface area contributed by atoms with E-state index in [1.807, 2.05) is 4.57 Å². The third kappa shape index (κ3) is 3.96. The van der Waals surface area contributed by atoms with Crippen molar-refractivity contribution in [2.45, 2.75) is 42.5 Å². The minimum Gasteiger partial charge on any atom is -0.388 e. The molecule has 1 amide bonds. The molecule has 0 spiro atoms. The van der Waals surface area contributed by atoms with Crippen molar-refractivity contribution in [3.8, 4) is 0 Å². The molecule has 0 atom stereocenters. The summed E-state index contributed by atoms with van der Waals surface area (Å²) in [5.74, 6) is 0.197. The zero-order chi connectivity index (χ0) is 14.7. The van der Waals surface area contributed by atoms with Crippen LogP contribution in [0.2, 0.25) is 0 Å². The zero-order valence-electron chi connectivity index (χ0n) is 11.8. The van der Waals surface area contributed by atoms with Gasteiger partial charge in [0.25, 0.3) is 0 Å². The number of hydrogen-bond donors (Lipinski definition) is 2. The number of carbonyl (C=O) groups is 1. The first-order chi connectivity index (χ1) is 10.2. The van der Waals surface area contributed by atoms with Gasteiger partial charge in [-0.25, -0.2) is 0 Å². The van der Waals surface area contributed by atoms with Gasteiger partial charge in [0.05, 0.1) is 11.4 Å². The summed E-state index contributed by atoms with van der Waals surface area (Å²) in [4.78, 5) is 11.9. The number of amides is 1. The summed E-state index contributed by atoms with van der Waals surface area (Å²) in [7, 11) is 0. The number of hydrogen-bond acceptors (Lipinski definition) is 6. The van der Waals surface area contributed by atoms with Crippen molar-refractivity contribution in [1.29, 1.82) is 0 Å². The third-order valence-electron chi connectivity index (χ3n) is 3.85. The Kier molecular flexibility index (Phi) is 4.46. The molecule has 3 rings (SSSR count). The second-order valence-corrected chi connectivity index (χ2v) is 6.60. The van der Waals surface area contributed by atoms with E-state index < -0.39 is 5.60 Å². The van der Waals surface area contributed by atoms with Gasteiger partial charge in [0.1, 0.15) is 6.33 Å². The Morgan fingerprint density at radius 2 is 2.29 bits per heavy atom. The van der Waals surface area contributed by atoms with E-state index in [0.29, 0.717) is 32.1 Å². The standard InChI is InChI=1S/C13H20N4O3S/c18-11(14-8-13(19)3-5-20-6-4-13)7-21-12-16-15-9-17(12)10-1-2-10/h9-10,19H,1-8H2,(H,14,18). The van der Waals surface area contributed by atoms with E-state index in [-0.39, 0.29) is 18.2 Å². The molecular formula is C13H20N4O3S. The molecule has 0 unspecified atom stereocenters. The topological polar surface area (TPSA) is 89.3 Å². The lowest BCUT2D eigenvalue weighted by Crippen LogP contribution is -2.47. The Morgan fingerprint density at radius 3 is 3.00 bits per heavy atom. The van der Waals surface area contributed by atoms with Gasteiger partial charge in [0, 0.05) is 38.6 Å². The molecule has 0 radical (unpaired) electrons. The molecule has 0 bridgehead atoms. The summed E-state index contributed by atoms with van der Waals surface area (Å²) < 4.78 is 7.25. The molecular weight excluding hydrogens is 292 g/mol. The van der Waals surface area contributed by atoms with E-state index in [9.17, 15) is 9.90 Å². The van der Waals surface area contributed by atoms with Crippen molar-refractivity contribution in [2.75, 3.05) is 25.5 Å². The average molecular weight is 312 g/mol. The van der Waals surface area contributed by atoms with Crippen LogP contribution < -0.4 is 5.32 Å². The van der Waals surface area contributed by atoms with Crippen LogP contribution in [-0.2, 0) is 9.53 Å². The molecule has 2 aliphatic rings. The van der Waals surface area contributed by atoms with Gasteiger partial charge in [-0.05, 0) is 12.8 Å². The minimum atomic E-state index is -0.827. The van der Waals surface area contributed by atoms with Gasteiger partial charge in [-0.15, -0.1) is 10.2 Å². The molecule has 21 heavy (non-hydrogen) atoms. The molecule has 1 aromatic rings. The molecule has 7 nitrogen and oxygen atoms in total. The van der Waals surface area contributed by atoms with Gasteiger partial charge in [0.2, 0.25) is 5.91 Å². The van der Waals surface area contributed by atoms with E-state index in [2.05, 4.69) is 15.5 Å². The van der Waals surface area contributed by atoms with Crippen LogP contribution in [0.3, 0.4) is 0 Å². The number of aromatic nitrogens is 3. The van der Waals surface area contributed by atoms with Crippen molar-refractivity contribution >= 4 is 17.7 Å². The molecule has 2 fully saturated rings. The number of carbonyl (C=O) groups excluding carboxylic acids is 1. The largest absolute Gasteiger partial charge is 0.388 e. The Hall–Kier alpha value is -1.12. The lowest BCUT2D eigenvalue weighted by molar-refractivity contribution is -0.121. The molecule has 1 saturated heterocycles. The predicted octanol–water partition coefficient (Wildman–Crippen LogP) is 0.363. The lowest BCUT2D eigenvalue weighted by Gasteiger charge is -2.32. The average Bonchev–Trinajstić information content (AvgIpc) is 3.22. The fourth-order valence-corrected chi connectivity index (χ4v) is 3.12. The highest BCUT2D eigenvalue weighted by atomic mass is 32.2. The maximum atomic E-state index is 11.9. The number of thioether (sulfide) groups is 1. The number of rotatable bonds is 6. The number of nitrogens with zero attached hydrogens (tertiary/aromatic N) is 3. The first kappa shape index (κ1) is 14.8. The van der Waals surface area contributed by atoms with Gasteiger partial charge in [-0.3, -0.25) is 4.79 Å². The maximum absolute atomic E-state index is 11.9. The van der Waals surface area contributed by atoms with E-state index >= 15 is 0 Å². The van der Waals surface area contributed by atoms with Crippen molar-refractivity contribution < 1.29 is 14.6 Å². The van der Waals surface area contributed by atoms with Crippen LogP contribution >= 0.6 is 11.8 Å². The molecule has 1 aliphatic carbocycles. The summed E-state index contributed by atoms with van der Waals surface area (Å²) in [6.07, 6.45) is 5.18. The maximum Gasteiger partial charge on any atom is 0.230 e. The molecule has 0 aromatic carbocycles. The lowest BCUT2D eigenvalue weighted by atomic mass is 9.94. The minimum absolute atomic E-state index is 0.0923. The molecule has 1 saturated carbocycles. The van der Waals surface area contributed by atoms with Gasteiger partial charge in [-0.1, -0.05) is 11.8 Å². The number of ether oxygens (including phenoxy) is 1. The van der Waals surface area contributed by atoms with Gasteiger partial charge >= 0.3 is 0 Å². The van der Waals surface area contributed by atoms with Crippen molar-refractivity contribution in [2.24, 2.45) is 0 Å². The predicted molar refractivity (Wildman–Crippen MR) is 77.0 cm³/mol. The van der Waals surface area contributed by atoms with Crippen LogP contribution in [0.25, 0.3) is 0 Å². The van der Waals surface area contributed by atoms with E-state index in [1.54, 1.807) is 6.33 Å². The van der Waals surface area contributed by atoms with Crippen LogP contribution in [0, 0.1) is 0 Å². The monoisotopic (exact) mass is 312 g/mol. The van der Waals surface area contributed by atoms with Crippen molar-refractivity contribution in [1.82, 2.24) is 20.1 Å². The molecule has 2 N–H and O–H groups in total. The third-order valence-corrected chi connectivity index (χ3v) is 4.81. The Labute approximate surface area is 127 Å². The molecule has 8 heteroatoms. The summed E-state index contributed by atoms with van der Waals surface area (Å²) in [6, 6.07) is 0.508. The second kappa shape index (κ2) is 6.33. The quantitative estimate of drug-likeness (QED) is 0.738. The van der Waals surface area contributed by atoms with Gasteiger partial charge < -0.3 is 19.7 Å².